The van der Waals surface area contributed by atoms with Crippen LogP contribution in [0.2, 0.25) is 4.34 Å². The maximum atomic E-state index is 5.86. The first kappa shape index (κ1) is 14.0. The summed E-state index contributed by atoms with van der Waals surface area (Å²) in [6.45, 7) is 3.29. The van der Waals surface area contributed by atoms with E-state index < -0.39 is 0 Å². The molecule has 2 aromatic heterocycles. The first-order chi connectivity index (χ1) is 8.84. The van der Waals surface area contributed by atoms with Crippen molar-refractivity contribution in [2.24, 2.45) is 0 Å². The monoisotopic (exact) mass is 301 g/mol. The molecule has 0 aromatic carbocycles. The second-order valence-electron chi connectivity index (χ2n) is 3.82. The van der Waals surface area contributed by atoms with Crippen molar-refractivity contribution in [2.45, 2.75) is 13.0 Å². The lowest BCUT2D eigenvalue weighted by Crippen LogP contribution is -2.19. The van der Waals surface area contributed by atoms with Gasteiger partial charge in [0, 0.05) is 29.3 Å². The zero-order valence-electron chi connectivity index (χ0n) is 10.0. The Morgan fingerprint density at radius 2 is 2.11 bits per heavy atom. The summed E-state index contributed by atoms with van der Waals surface area (Å²) in [5.74, 6) is 0. The Morgan fingerprint density at radius 3 is 2.83 bits per heavy atom. The summed E-state index contributed by atoms with van der Waals surface area (Å²) in [5.41, 5.74) is 0. The highest BCUT2D eigenvalue weighted by Crippen LogP contribution is 2.20. The topological polar surface area (TPSA) is 21.3 Å². The van der Waals surface area contributed by atoms with E-state index >= 15 is 0 Å². The third-order valence-electron chi connectivity index (χ3n) is 2.42. The standard InChI is InChI=1S/C13H16ClNOS2/c14-13-4-3-12(18-13)10-15-6-8-16-7-5-11-2-1-9-17-11/h1-4,9,15H,5-8,10H2. The molecule has 2 heterocycles. The van der Waals surface area contributed by atoms with Crippen LogP contribution >= 0.6 is 34.3 Å². The highest BCUT2D eigenvalue weighted by atomic mass is 35.5. The van der Waals surface area contributed by atoms with E-state index in [1.165, 1.54) is 9.75 Å². The quantitative estimate of drug-likeness (QED) is 0.749. The summed E-state index contributed by atoms with van der Waals surface area (Å²) in [4.78, 5) is 2.65. The molecular weight excluding hydrogens is 286 g/mol. The Labute approximate surface area is 121 Å². The van der Waals surface area contributed by atoms with Gasteiger partial charge in [0.1, 0.15) is 0 Å². The fourth-order valence-electron chi connectivity index (χ4n) is 1.53. The molecule has 0 spiro atoms. The van der Waals surface area contributed by atoms with Crippen LogP contribution in [0.1, 0.15) is 9.75 Å². The first-order valence-corrected chi connectivity index (χ1v) is 7.97. The largest absolute Gasteiger partial charge is 0.380 e. The van der Waals surface area contributed by atoms with Gasteiger partial charge in [-0.15, -0.1) is 22.7 Å². The summed E-state index contributed by atoms with van der Waals surface area (Å²) in [7, 11) is 0. The Kier molecular flexibility index (Phi) is 6.17. The summed E-state index contributed by atoms with van der Waals surface area (Å²) in [6, 6.07) is 8.21. The fourth-order valence-corrected chi connectivity index (χ4v) is 3.28. The lowest BCUT2D eigenvalue weighted by atomic mass is 10.4. The third kappa shape index (κ3) is 5.08. The second kappa shape index (κ2) is 7.92. The zero-order chi connectivity index (χ0) is 12.6. The van der Waals surface area contributed by atoms with Crippen molar-refractivity contribution in [3.8, 4) is 0 Å². The minimum Gasteiger partial charge on any atom is -0.380 e. The number of nitrogens with one attached hydrogen (secondary N) is 1. The van der Waals surface area contributed by atoms with E-state index in [-0.39, 0.29) is 0 Å². The lowest BCUT2D eigenvalue weighted by Gasteiger charge is -2.04. The molecule has 5 heteroatoms. The van der Waals surface area contributed by atoms with Crippen LogP contribution in [0, 0.1) is 0 Å². The smallest absolute Gasteiger partial charge is 0.0931 e. The fraction of sp³-hybridized carbons (Fsp3) is 0.385. The Hall–Kier alpha value is -0.390. The number of halogens is 1. The summed E-state index contributed by atoms with van der Waals surface area (Å²) < 4.78 is 6.42. The van der Waals surface area contributed by atoms with Crippen molar-refractivity contribution in [2.75, 3.05) is 19.8 Å². The van der Waals surface area contributed by atoms with Gasteiger partial charge in [-0.3, -0.25) is 0 Å². The van der Waals surface area contributed by atoms with E-state index in [4.69, 9.17) is 16.3 Å². The molecule has 0 saturated carbocycles. The third-order valence-corrected chi connectivity index (χ3v) is 4.59. The predicted octanol–water partition coefficient (Wildman–Crippen LogP) is 3.81. The van der Waals surface area contributed by atoms with Crippen LogP contribution in [-0.4, -0.2) is 19.8 Å². The van der Waals surface area contributed by atoms with Gasteiger partial charge in [0.15, 0.2) is 0 Å². The van der Waals surface area contributed by atoms with Crippen LogP contribution < -0.4 is 5.32 Å². The van der Waals surface area contributed by atoms with Crippen molar-refractivity contribution >= 4 is 34.3 Å². The van der Waals surface area contributed by atoms with Crippen molar-refractivity contribution in [3.05, 3.63) is 43.7 Å². The number of hydrogen-bond donors (Lipinski definition) is 1. The molecule has 0 aliphatic rings. The molecule has 0 unspecified atom stereocenters. The van der Waals surface area contributed by atoms with Gasteiger partial charge in [-0.25, -0.2) is 0 Å². The molecule has 2 nitrogen and oxygen atoms in total. The van der Waals surface area contributed by atoms with Crippen LogP contribution in [0.4, 0.5) is 0 Å². The zero-order valence-corrected chi connectivity index (χ0v) is 12.4. The van der Waals surface area contributed by atoms with Gasteiger partial charge in [0.05, 0.1) is 17.6 Å². The molecule has 0 aliphatic heterocycles. The van der Waals surface area contributed by atoms with E-state index in [1.54, 1.807) is 22.7 Å². The van der Waals surface area contributed by atoms with E-state index in [2.05, 4.69) is 28.9 Å². The average molecular weight is 302 g/mol. The van der Waals surface area contributed by atoms with Crippen LogP contribution in [0.25, 0.3) is 0 Å². The van der Waals surface area contributed by atoms with Crippen molar-refractivity contribution in [3.63, 3.8) is 0 Å². The van der Waals surface area contributed by atoms with E-state index in [0.29, 0.717) is 0 Å². The van der Waals surface area contributed by atoms with Gasteiger partial charge in [-0.05, 0) is 23.6 Å². The maximum absolute atomic E-state index is 5.86. The van der Waals surface area contributed by atoms with Crippen molar-refractivity contribution in [1.29, 1.82) is 0 Å². The first-order valence-electron chi connectivity index (χ1n) is 5.89. The molecule has 0 radical (unpaired) electrons. The van der Waals surface area contributed by atoms with E-state index in [9.17, 15) is 0 Å². The number of rotatable bonds is 8. The molecule has 0 aliphatic carbocycles. The molecular formula is C13H16ClNOS2. The number of thiophene rings is 2. The molecule has 98 valence electrons. The van der Waals surface area contributed by atoms with Crippen LogP contribution in [0.5, 0.6) is 0 Å². The second-order valence-corrected chi connectivity index (χ2v) is 6.66. The molecule has 0 amide bonds. The van der Waals surface area contributed by atoms with Crippen molar-refractivity contribution in [1.82, 2.24) is 5.32 Å². The normalized spacial score (nSPS) is 10.9. The Balaban J connectivity index is 1.46. The SMILES string of the molecule is Clc1ccc(CNCCOCCc2cccs2)s1. The number of ether oxygens (including phenoxy) is 1. The van der Waals surface area contributed by atoms with Gasteiger partial charge in [0.25, 0.3) is 0 Å². The van der Waals surface area contributed by atoms with E-state index in [0.717, 1.165) is 37.1 Å². The van der Waals surface area contributed by atoms with E-state index in [1.807, 2.05) is 6.07 Å². The van der Waals surface area contributed by atoms with Gasteiger partial charge in [-0.1, -0.05) is 17.7 Å². The molecule has 0 bridgehead atoms. The van der Waals surface area contributed by atoms with Crippen molar-refractivity contribution < 1.29 is 4.74 Å². The van der Waals surface area contributed by atoms with Gasteiger partial charge in [-0.2, -0.15) is 0 Å². The molecule has 18 heavy (non-hydrogen) atoms. The average Bonchev–Trinajstić information content (AvgIpc) is 3.00. The van der Waals surface area contributed by atoms with Crippen LogP contribution in [0.15, 0.2) is 29.6 Å². The summed E-state index contributed by atoms with van der Waals surface area (Å²) in [5, 5.41) is 5.44. The predicted molar refractivity (Wildman–Crippen MR) is 79.9 cm³/mol. The van der Waals surface area contributed by atoms with Gasteiger partial charge in [0.2, 0.25) is 0 Å². The molecule has 1 N–H and O–H groups in total. The minimum absolute atomic E-state index is 0.754. The maximum Gasteiger partial charge on any atom is 0.0931 e. The number of hydrogen-bond acceptors (Lipinski definition) is 4. The van der Waals surface area contributed by atoms with Crippen LogP contribution in [0.3, 0.4) is 0 Å². The lowest BCUT2D eigenvalue weighted by molar-refractivity contribution is 0.139. The molecule has 2 aromatic rings. The summed E-state index contributed by atoms with van der Waals surface area (Å²) >= 11 is 9.26. The molecule has 0 fully saturated rings. The highest BCUT2D eigenvalue weighted by molar-refractivity contribution is 7.16. The molecule has 2 rings (SSSR count). The van der Waals surface area contributed by atoms with Gasteiger partial charge < -0.3 is 10.1 Å². The Morgan fingerprint density at radius 1 is 1.17 bits per heavy atom. The minimum atomic E-state index is 0.754. The highest BCUT2D eigenvalue weighted by Gasteiger charge is 1.97. The Bertz CT molecular complexity index is 442. The molecule has 0 atom stereocenters. The van der Waals surface area contributed by atoms with Crippen LogP contribution in [-0.2, 0) is 17.7 Å². The van der Waals surface area contributed by atoms with Gasteiger partial charge >= 0.3 is 0 Å². The summed E-state index contributed by atoms with van der Waals surface area (Å²) in [6.07, 6.45) is 1.01. The molecule has 0 saturated heterocycles.